The van der Waals surface area contributed by atoms with Gasteiger partial charge in [0.2, 0.25) is 11.7 Å². The molecular formula is C18H27NO6. The van der Waals surface area contributed by atoms with E-state index in [1.54, 1.807) is 12.1 Å². The number of carboxylic acid groups (broad SMARTS) is 1. The second-order valence-electron chi connectivity index (χ2n) is 6.12. The summed E-state index contributed by atoms with van der Waals surface area (Å²) in [5.74, 6) is 0.371. The molecule has 0 unspecified atom stereocenters. The minimum Gasteiger partial charge on any atom is -0.493 e. The average Bonchev–Trinajstić information content (AvgIpc) is 2.57. The molecule has 0 aliphatic carbocycles. The Morgan fingerprint density at radius 3 is 2.04 bits per heavy atom. The van der Waals surface area contributed by atoms with Crippen molar-refractivity contribution in [3.05, 3.63) is 17.7 Å². The van der Waals surface area contributed by atoms with Gasteiger partial charge in [-0.1, -0.05) is 13.8 Å². The molecule has 1 aromatic carbocycles. The maximum absolute atomic E-state index is 12.1. The monoisotopic (exact) mass is 353 g/mol. The number of methoxy groups -OCH3 is 3. The first-order valence-corrected chi connectivity index (χ1v) is 8.13. The van der Waals surface area contributed by atoms with Gasteiger partial charge in [0.05, 0.1) is 21.3 Å². The number of ether oxygens (including phenoxy) is 3. The first-order valence-electron chi connectivity index (χ1n) is 8.13. The SMILES string of the molecule is COc1cc(CCC(=O)N[C@@H](CC(C)C)C(=O)O)cc(OC)c1OC. The smallest absolute Gasteiger partial charge is 0.326 e. The van der Waals surface area contributed by atoms with Gasteiger partial charge in [-0.2, -0.15) is 0 Å². The van der Waals surface area contributed by atoms with Crippen molar-refractivity contribution in [1.29, 1.82) is 0 Å². The summed E-state index contributed by atoms with van der Waals surface area (Å²) >= 11 is 0. The summed E-state index contributed by atoms with van der Waals surface area (Å²) in [6.45, 7) is 3.83. The molecular weight excluding hydrogens is 326 g/mol. The normalized spacial score (nSPS) is 11.8. The van der Waals surface area contributed by atoms with Crippen LogP contribution in [0.5, 0.6) is 17.2 Å². The maximum Gasteiger partial charge on any atom is 0.326 e. The summed E-state index contributed by atoms with van der Waals surface area (Å²) < 4.78 is 15.8. The first-order chi connectivity index (χ1) is 11.8. The quantitative estimate of drug-likeness (QED) is 0.670. The molecule has 7 heteroatoms. The standard InChI is InChI=1S/C18H27NO6/c1-11(2)8-13(18(21)22)19-16(20)7-6-12-9-14(23-3)17(25-5)15(10-12)24-4/h9-11,13H,6-8H2,1-5H3,(H,19,20)(H,21,22)/t13-/m0/s1. The summed E-state index contributed by atoms with van der Waals surface area (Å²) in [7, 11) is 4.57. The van der Waals surface area contributed by atoms with Gasteiger partial charge >= 0.3 is 5.97 Å². The highest BCUT2D eigenvalue weighted by atomic mass is 16.5. The minimum absolute atomic E-state index is 0.167. The number of rotatable bonds is 10. The van der Waals surface area contributed by atoms with Gasteiger partial charge in [-0.25, -0.2) is 4.79 Å². The topological polar surface area (TPSA) is 94.1 Å². The van der Waals surface area contributed by atoms with Crippen molar-refractivity contribution >= 4 is 11.9 Å². The number of carbonyl (C=O) groups is 2. The Balaban J connectivity index is 2.76. The number of carbonyl (C=O) groups excluding carboxylic acids is 1. The van der Waals surface area contributed by atoms with E-state index in [2.05, 4.69) is 5.32 Å². The van der Waals surface area contributed by atoms with Crippen LogP contribution >= 0.6 is 0 Å². The van der Waals surface area contributed by atoms with E-state index in [1.807, 2.05) is 13.8 Å². The molecule has 0 aromatic heterocycles. The summed E-state index contributed by atoms with van der Waals surface area (Å²) in [5, 5.41) is 11.8. The third-order valence-electron chi connectivity index (χ3n) is 3.71. The molecule has 140 valence electrons. The van der Waals surface area contributed by atoms with Gasteiger partial charge < -0.3 is 24.6 Å². The highest BCUT2D eigenvalue weighted by Gasteiger charge is 2.21. The Labute approximate surface area is 148 Å². The zero-order valence-electron chi connectivity index (χ0n) is 15.4. The van der Waals surface area contributed by atoms with Crippen LogP contribution in [-0.4, -0.2) is 44.4 Å². The minimum atomic E-state index is -1.02. The molecule has 0 aliphatic rings. The van der Waals surface area contributed by atoms with Crippen molar-refractivity contribution in [2.24, 2.45) is 5.92 Å². The van der Waals surface area contributed by atoms with Crippen LogP contribution in [0.2, 0.25) is 0 Å². The predicted molar refractivity (Wildman–Crippen MR) is 93.4 cm³/mol. The van der Waals surface area contributed by atoms with E-state index in [-0.39, 0.29) is 18.2 Å². The van der Waals surface area contributed by atoms with Gasteiger partial charge in [-0.15, -0.1) is 0 Å². The number of aryl methyl sites for hydroxylation is 1. The number of aliphatic carboxylic acids is 1. The highest BCUT2D eigenvalue weighted by Crippen LogP contribution is 2.38. The third-order valence-corrected chi connectivity index (χ3v) is 3.71. The first kappa shape index (κ1) is 20.6. The lowest BCUT2D eigenvalue weighted by atomic mass is 10.0. The van der Waals surface area contributed by atoms with Gasteiger partial charge in [0, 0.05) is 6.42 Å². The Morgan fingerprint density at radius 2 is 1.64 bits per heavy atom. The van der Waals surface area contributed by atoms with Crippen molar-refractivity contribution < 1.29 is 28.9 Å². The number of nitrogens with one attached hydrogen (secondary N) is 1. The maximum atomic E-state index is 12.1. The van der Waals surface area contributed by atoms with Crippen molar-refractivity contribution in [3.8, 4) is 17.2 Å². The Bertz CT molecular complexity index is 574. The van der Waals surface area contributed by atoms with Crippen LogP contribution in [0.3, 0.4) is 0 Å². The summed E-state index contributed by atoms with van der Waals surface area (Å²) in [5.41, 5.74) is 0.834. The Kier molecular flexibility index (Phi) is 8.04. The van der Waals surface area contributed by atoms with E-state index in [1.165, 1.54) is 21.3 Å². The fourth-order valence-corrected chi connectivity index (χ4v) is 2.50. The molecule has 2 N–H and O–H groups in total. The van der Waals surface area contributed by atoms with E-state index in [4.69, 9.17) is 14.2 Å². The van der Waals surface area contributed by atoms with Crippen LogP contribution in [-0.2, 0) is 16.0 Å². The number of hydrogen-bond acceptors (Lipinski definition) is 5. The molecule has 0 saturated heterocycles. The molecule has 0 spiro atoms. The molecule has 1 rings (SSSR count). The van der Waals surface area contributed by atoms with Crippen LogP contribution < -0.4 is 19.5 Å². The number of carboxylic acids is 1. The van der Waals surface area contributed by atoms with Gasteiger partial charge in [-0.3, -0.25) is 4.79 Å². The van der Waals surface area contributed by atoms with Crippen molar-refractivity contribution in [2.45, 2.75) is 39.2 Å². The van der Waals surface area contributed by atoms with E-state index >= 15 is 0 Å². The molecule has 0 bridgehead atoms. The van der Waals surface area contributed by atoms with Gasteiger partial charge in [0.1, 0.15) is 6.04 Å². The molecule has 1 amide bonds. The molecule has 0 aliphatic heterocycles. The van der Waals surface area contributed by atoms with Gasteiger partial charge in [0.25, 0.3) is 0 Å². The molecule has 0 saturated carbocycles. The lowest BCUT2D eigenvalue weighted by Gasteiger charge is -2.17. The zero-order chi connectivity index (χ0) is 19.0. The van der Waals surface area contributed by atoms with Crippen molar-refractivity contribution in [2.75, 3.05) is 21.3 Å². The molecule has 1 aromatic rings. The number of hydrogen-bond donors (Lipinski definition) is 2. The summed E-state index contributed by atoms with van der Waals surface area (Å²) in [4.78, 5) is 23.3. The van der Waals surface area contributed by atoms with Crippen molar-refractivity contribution in [1.82, 2.24) is 5.32 Å². The van der Waals surface area contributed by atoms with Crippen LogP contribution in [0, 0.1) is 5.92 Å². The fraction of sp³-hybridized carbons (Fsp3) is 0.556. The summed E-state index contributed by atoms with van der Waals surface area (Å²) in [6.07, 6.45) is 0.988. The van der Waals surface area contributed by atoms with E-state index in [0.29, 0.717) is 30.1 Å². The zero-order valence-corrected chi connectivity index (χ0v) is 15.4. The van der Waals surface area contributed by atoms with Crippen LogP contribution in [0.15, 0.2) is 12.1 Å². The van der Waals surface area contributed by atoms with Gasteiger partial charge in [0.15, 0.2) is 11.5 Å². The largest absolute Gasteiger partial charge is 0.493 e. The molecule has 7 nitrogen and oxygen atoms in total. The average molecular weight is 353 g/mol. The predicted octanol–water partition coefficient (Wildman–Crippen LogP) is 2.26. The van der Waals surface area contributed by atoms with Crippen LogP contribution in [0.25, 0.3) is 0 Å². The second kappa shape index (κ2) is 9.76. The number of benzene rings is 1. The fourth-order valence-electron chi connectivity index (χ4n) is 2.50. The lowest BCUT2D eigenvalue weighted by molar-refractivity contribution is -0.142. The molecule has 1 atom stereocenters. The van der Waals surface area contributed by atoms with Crippen molar-refractivity contribution in [3.63, 3.8) is 0 Å². The number of amides is 1. The van der Waals surface area contributed by atoms with E-state index in [0.717, 1.165) is 5.56 Å². The third kappa shape index (κ3) is 6.17. The molecule has 0 radical (unpaired) electrons. The summed E-state index contributed by atoms with van der Waals surface area (Å²) in [6, 6.07) is 2.68. The van der Waals surface area contributed by atoms with Gasteiger partial charge in [-0.05, 0) is 36.5 Å². The molecule has 25 heavy (non-hydrogen) atoms. The van der Waals surface area contributed by atoms with E-state index in [9.17, 15) is 14.7 Å². The lowest BCUT2D eigenvalue weighted by Crippen LogP contribution is -2.41. The Hall–Kier alpha value is -2.44. The van der Waals surface area contributed by atoms with Crippen LogP contribution in [0.4, 0.5) is 0 Å². The molecule has 0 fully saturated rings. The highest BCUT2D eigenvalue weighted by molar-refractivity contribution is 5.83. The van der Waals surface area contributed by atoms with E-state index < -0.39 is 12.0 Å². The second-order valence-corrected chi connectivity index (χ2v) is 6.12. The Morgan fingerprint density at radius 1 is 1.08 bits per heavy atom. The van der Waals surface area contributed by atoms with Crippen LogP contribution in [0.1, 0.15) is 32.3 Å². The molecule has 0 heterocycles.